The number of allylic oxidation sites excluding steroid dienone is 1. The quantitative estimate of drug-likeness (QED) is 0.695. The second-order valence-corrected chi connectivity index (χ2v) is 8.59. The van der Waals surface area contributed by atoms with Crippen LogP contribution in [0.1, 0.15) is 38.5 Å². The van der Waals surface area contributed by atoms with Crippen LogP contribution in [-0.4, -0.2) is 33.7 Å². The zero-order valence-corrected chi connectivity index (χ0v) is 16.0. The molecule has 0 bridgehead atoms. The minimum absolute atomic E-state index is 0.0645. The lowest BCUT2D eigenvalue weighted by Crippen LogP contribution is -2.27. The normalized spacial score (nSPS) is 14.7. The highest BCUT2D eigenvalue weighted by Gasteiger charge is 2.18. The zero-order chi connectivity index (χ0) is 18.3. The van der Waals surface area contributed by atoms with Gasteiger partial charge in [-0.1, -0.05) is 23.3 Å². The molecule has 0 radical (unpaired) electrons. The van der Waals surface area contributed by atoms with E-state index in [0.717, 1.165) is 19.3 Å². The first-order chi connectivity index (χ1) is 11.9. The van der Waals surface area contributed by atoms with Crippen molar-refractivity contribution in [1.29, 1.82) is 0 Å². The molecule has 138 valence electrons. The lowest BCUT2D eigenvalue weighted by atomic mass is 9.97. The maximum atomic E-state index is 12.3. The molecule has 0 unspecified atom stereocenters. The molecule has 25 heavy (non-hydrogen) atoms. The van der Waals surface area contributed by atoms with E-state index in [9.17, 15) is 13.2 Å². The molecule has 1 amide bonds. The number of carbonyl (C=O) groups is 1. The summed E-state index contributed by atoms with van der Waals surface area (Å²) in [5.74, 6) is -0.0838. The van der Waals surface area contributed by atoms with E-state index >= 15 is 0 Å². The number of methoxy groups -OCH3 is 1. The van der Waals surface area contributed by atoms with Crippen molar-refractivity contribution in [2.75, 3.05) is 19.4 Å². The smallest absolute Gasteiger partial charge is 0.221 e. The third-order valence-corrected chi connectivity index (χ3v) is 6.24. The van der Waals surface area contributed by atoms with Gasteiger partial charge in [0.25, 0.3) is 0 Å². The minimum atomic E-state index is -3.56. The van der Waals surface area contributed by atoms with Gasteiger partial charge in [-0.05, 0) is 50.3 Å². The van der Waals surface area contributed by atoms with Crippen LogP contribution in [0.3, 0.4) is 0 Å². The number of benzene rings is 1. The third kappa shape index (κ3) is 6.04. The van der Waals surface area contributed by atoms with Crippen LogP contribution in [0.5, 0.6) is 5.75 Å². The molecule has 1 aliphatic carbocycles. The highest BCUT2D eigenvalue weighted by molar-refractivity contribution is 7.91. The molecule has 1 aromatic rings. The molecule has 0 spiro atoms. The van der Waals surface area contributed by atoms with Gasteiger partial charge < -0.3 is 10.1 Å². The van der Waals surface area contributed by atoms with Gasteiger partial charge in [-0.2, -0.15) is 0 Å². The van der Waals surface area contributed by atoms with Crippen LogP contribution in [0.25, 0.3) is 0 Å². The van der Waals surface area contributed by atoms with Crippen molar-refractivity contribution in [2.45, 2.75) is 43.4 Å². The first-order valence-electron chi connectivity index (χ1n) is 8.43. The van der Waals surface area contributed by atoms with E-state index in [-0.39, 0.29) is 28.0 Å². The second-order valence-electron chi connectivity index (χ2n) is 6.07. The highest BCUT2D eigenvalue weighted by atomic mass is 35.5. The molecule has 0 saturated carbocycles. The van der Waals surface area contributed by atoms with Crippen molar-refractivity contribution in [3.05, 3.63) is 34.9 Å². The summed E-state index contributed by atoms with van der Waals surface area (Å²) in [4.78, 5) is 12.0. The molecule has 0 heterocycles. The Labute approximate surface area is 154 Å². The van der Waals surface area contributed by atoms with Crippen molar-refractivity contribution in [1.82, 2.24) is 5.32 Å². The Hall–Kier alpha value is -1.53. The molecule has 1 aromatic carbocycles. The second kappa shape index (κ2) is 9.25. The molecular formula is C18H24ClNO4S. The van der Waals surface area contributed by atoms with Crippen LogP contribution in [-0.2, 0) is 14.6 Å². The van der Waals surface area contributed by atoms with E-state index < -0.39 is 9.84 Å². The number of halogens is 1. The third-order valence-electron chi connectivity index (χ3n) is 4.23. The summed E-state index contributed by atoms with van der Waals surface area (Å²) in [5.41, 5.74) is 1.38. The molecular weight excluding hydrogens is 362 g/mol. The maximum absolute atomic E-state index is 12.3. The van der Waals surface area contributed by atoms with Gasteiger partial charge in [-0.25, -0.2) is 8.42 Å². The van der Waals surface area contributed by atoms with E-state index in [2.05, 4.69) is 11.4 Å². The van der Waals surface area contributed by atoms with Gasteiger partial charge in [0.2, 0.25) is 5.91 Å². The van der Waals surface area contributed by atoms with Gasteiger partial charge in [0, 0.05) is 13.0 Å². The number of sulfone groups is 1. The summed E-state index contributed by atoms with van der Waals surface area (Å²) in [6, 6.07) is 4.30. The molecule has 0 aromatic heterocycles. The molecule has 0 saturated heterocycles. The molecule has 1 N–H and O–H groups in total. The van der Waals surface area contributed by atoms with Gasteiger partial charge in [0.1, 0.15) is 5.75 Å². The van der Waals surface area contributed by atoms with Gasteiger partial charge in [0.05, 0.1) is 22.8 Å². The van der Waals surface area contributed by atoms with Crippen LogP contribution in [0.15, 0.2) is 34.7 Å². The van der Waals surface area contributed by atoms with Gasteiger partial charge in [-0.3, -0.25) is 4.79 Å². The Balaban J connectivity index is 1.81. The summed E-state index contributed by atoms with van der Waals surface area (Å²) >= 11 is 5.97. The summed E-state index contributed by atoms with van der Waals surface area (Å²) < 4.78 is 29.7. The number of carbonyl (C=O) groups excluding carboxylic acids is 1. The molecule has 2 rings (SSSR count). The number of rotatable bonds is 8. The van der Waals surface area contributed by atoms with E-state index in [1.807, 2.05) is 0 Å². The first kappa shape index (κ1) is 19.8. The van der Waals surface area contributed by atoms with Crippen LogP contribution >= 0.6 is 11.6 Å². The lowest BCUT2D eigenvalue weighted by molar-refractivity contribution is -0.120. The van der Waals surface area contributed by atoms with Crippen molar-refractivity contribution < 1.29 is 17.9 Å². The highest BCUT2D eigenvalue weighted by Crippen LogP contribution is 2.27. The van der Waals surface area contributed by atoms with Crippen molar-refractivity contribution in [2.24, 2.45) is 0 Å². The summed E-state index contributed by atoms with van der Waals surface area (Å²) in [5, 5.41) is 3.02. The Morgan fingerprint density at radius 3 is 2.76 bits per heavy atom. The number of hydrogen-bond acceptors (Lipinski definition) is 4. The molecule has 0 atom stereocenters. The Kier molecular flexibility index (Phi) is 7.32. The van der Waals surface area contributed by atoms with E-state index in [4.69, 9.17) is 16.3 Å². The molecule has 7 heteroatoms. The first-order valence-corrected chi connectivity index (χ1v) is 10.5. The average molecular weight is 386 g/mol. The lowest BCUT2D eigenvalue weighted by Gasteiger charge is -2.13. The largest absolute Gasteiger partial charge is 0.495 e. The molecule has 5 nitrogen and oxygen atoms in total. The van der Waals surface area contributed by atoms with Crippen LogP contribution in [0.2, 0.25) is 5.02 Å². The van der Waals surface area contributed by atoms with Gasteiger partial charge in [0.15, 0.2) is 9.84 Å². The van der Waals surface area contributed by atoms with Crippen LogP contribution in [0.4, 0.5) is 0 Å². The fourth-order valence-electron chi connectivity index (χ4n) is 2.77. The molecule has 0 fully saturated rings. The minimum Gasteiger partial charge on any atom is -0.495 e. The van der Waals surface area contributed by atoms with Crippen LogP contribution < -0.4 is 10.1 Å². The summed E-state index contributed by atoms with van der Waals surface area (Å²) in [6.07, 6.45) is 7.69. The predicted octanol–water partition coefficient (Wildman–Crippen LogP) is 3.52. The van der Waals surface area contributed by atoms with E-state index in [0.29, 0.717) is 12.3 Å². The average Bonchev–Trinajstić information content (AvgIpc) is 2.61. The standard InChI is InChI=1S/C18H24ClNO4S/c1-24-17-8-7-15(13-16(17)19)25(22,23)12-10-18(21)20-11-9-14-5-3-2-4-6-14/h5,7-8,13H,2-4,6,9-12H2,1H3,(H,20,21). The maximum Gasteiger partial charge on any atom is 0.221 e. The number of ether oxygens (including phenoxy) is 1. The van der Waals surface area contributed by atoms with Crippen molar-refractivity contribution in [3.8, 4) is 5.75 Å². The SMILES string of the molecule is COc1ccc(S(=O)(=O)CCC(=O)NCCC2=CCCCC2)cc1Cl. The monoisotopic (exact) mass is 385 g/mol. The van der Waals surface area contributed by atoms with Gasteiger partial charge >= 0.3 is 0 Å². The van der Waals surface area contributed by atoms with E-state index in [1.165, 1.54) is 43.7 Å². The van der Waals surface area contributed by atoms with Gasteiger partial charge in [-0.15, -0.1) is 0 Å². The predicted molar refractivity (Wildman–Crippen MR) is 98.9 cm³/mol. The Morgan fingerprint density at radius 2 is 2.12 bits per heavy atom. The Bertz CT molecular complexity index is 743. The number of hydrogen-bond donors (Lipinski definition) is 1. The fourth-order valence-corrected chi connectivity index (χ4v) is 4.35. The van der Waals surface area contributed by atoms with Crippen LogP contribution in [0, 0.1) is 0 Å². The van der Waals surface area contributed by atoms with Crippen molar-refractivity contribution in [3.63, 3.8) is 0 Å². The fraction of sp³-hybridized carbons (Fsp3) is 0.500. The summed E-state index contributed by atoms with van der Waals surface area (Å²) in [6.45, 7) is 0.555. The topological polar surface area (TPSA) is 72.5 Å². The van der Waals surface area contributed by atoms with E-state index in [1.54, 1.807) is 0 Å². The zero-order valence-electron chi connectivity index (χ0n) is 14.4. The Morgan fingerprint density at radius 1 is 1.32 bits per heavy atom. The van der Waals surface area contributed by atoms with Crippen molar-refractivity contribution >= 4 is 27.3 Å². The number of amides is 1. The molecule has 0 aliphatic heterocycles. The summed E-state index contributed by atoms with van der Waals surface area (Å²) in [7, 11) is -2.10. The molecule has 1 aliphatic rings. The number of nitrogens with one attached hydrogen (secondary N) is 1.